The number of aryl methyl sites for hydroxylation is 1. The number of nitrogens with zero attached hydrogens (tertiary/aromatic N) is 2. The van der Waals surface area contributed by atoms with E-state index < -0.39 is 5.25 Å². The number of halogens is 1. The number of benzene rings is 2. The monoisotopic (exact) mass is 342 g/mol. The van der Waals surface area contributed by atoms with Gasteiger partial charge in [0.05, 0.1) is 5.25 Å². The van der Waals surface area contributed by atoms with Crippen molar-refractivity contribution >= 4 is 17.5 Å². The minimum atomic E-state index is -0.416. The number of hydrogen-bond donors (Lipinski definition) is 0. The first-order valence-corrected chi connectivity index (χ1v) is 8.28. The maximum atomic E-state index is 12.9. The molecule has 3 aromatic rings. The molecule has 24 heavy (non-hydrogen) atoms. The summed E-state index contributed by atoms with van der Waals surface area (Å²) < 4.78 is 18.6. The van der Waals surface area contributed by atoms with Crippen molar-refractivity contribution in [2.24, 2.45) is 0 Å². The summed E-state index contributed by atoms with van der Waals surface area (Å²) in [6.45, 7) is 3.72. The molecule has 1 heterocycles. The average molecular weight is 342 g/mol. The van der Waals surface area contributed by atoms with Gasteiger partial charge >= 0.3 is 0 Å². The van der Waals surface area contributed by atoms with Gasteiger partial charge in [-0.2, -0.15) is 0 Å². The van der Waals surface area contributed by atoms with E-state index in [1.807, 2.05) is 31.2 Å². The minimum Gasteiger partial charge on any atom is -0.411 e. The molecule has 0 N–H and O–H groups in total. The number of thioether (sulfide) groups is 1. The number of rotatable bonds is 5. The fourth-order valence-electron chi connectivity index (χ4n) is 2.23. The number of Topliss-reactive ketones (excluding diaryl/α,β-unsaturated/α-hetero) is 1. The molecule has 0 aliphatic rings. The lowest BCUT2D eigenvalue weighted by molar-refractivity contribution is 0.0993. The SMILES string of the molecule is Cc1ccccc1-c1nnc(S[C@@H](C)C(=O)c2ccc(F)cc2)o1. The Morgan fingerprint density at radius 3 is 2.54 bits per heavy atom. The Morgan fingerprint density at radius 2 is 1.83 bits per heavy atom. The zero-order valence-electron chi connectivity index (χ0n) is 13.2. The second-order valence-electron chi connectivity index (χ2n) is 5.32. The van der Waals surface area contributed by atoms with Crippen LogP contribution >= 0.6 is 11.8 Å². The molecule has 0 saturated carbocycles. The topological polar surface area (TPSA) is 56.0 Å². The summed E-state index contributed by atoms with van der Waals surface area (Å²) in [6.07, 6.45) is 0. The summed E-state index contributed by atoms with van der Waals surface area (Å²) in [5.41, 5.74) is 2.36. The summed E-state index contributed by atoms with van der Waals surface area (Å²) >= 11 is 1.19. The molecule has 2 aromatic carbocycles. The third kappa shape index (κ3) is 3.54. The first-order chi connectivity index (χ1) is 11.5. The lowest BCUT2D eigenvalue weighted by Gasteiger charge is -2.07. The lowest BCUT2D eigenvalue weighted by Crippen LogP contribution is -2.13. The van der Waals surface area contributed by atoms with E-state index in [0.717, 1.165) is 11.1 Å². The van der Waals surface area contributed by atoms with Crippen LogP contribution < -0.4 is 0 Å². The molecule has 0 saturated heterocycles. The number of aromatic nitrogens is 2. The Labute approximate surface area is 143 Å². The van der Waals surface area contributed by atoms with Crippen molar-refractivity contribution in [2.45, 2.75) is 24.3 Å². The zero-order valence-corrected chi connectivity index (χ0v) is 14.0. The quantitative estimate of drug-likeness (QED) is 0.503. The average Bonchev–Trinajstić information content (AvgIpc) is 3.03. The summed E-state index contributed by atoms with van der Waals surface area (Å²) in [7, 11) is 0. The van der Waals surface area contributed by atoms with Gasteiger partial charge in [-0.15, -0.1) is 10.2 Å². The van der Waals surface area contributed by atoms with Crippen LogP contribution in [0, 0.1) is 12.7 Å². The molecule has 0 amide bonds. The highest BCUT2D eigenvalue weighted by Gasteiger charge is 2.20. The molecular weight excluding hydrogens is 327 g/mol. The Kier molecular flexibility index (Phi) is 4.76. The van der Waals surface area contributed by atoms with Gasteiger partial charge in [0.25, 0.3) is 5.22 Å². The van der Waals surface area contributed by atoms with Crippen LogP contribution in [0.4, 0.5) is 4.39 Å². The van der Waals surface area contributed by atoms with Crippen molar-refractivity contribution in [3.8, 4) is 11.5 Å². The van der Waals surface area contributed by atoms with Gasteiger partial charge in [0.2, 0.25) is 5.89 Å². The fourth-order valence-corrected chi connectivity index (χ4v) is 2.99. The van der Waals surface area contributed by atoms with E-state index in [0.29, 0.717) is 16.7 Å². The molecule has 3 rings (SSSR count). The summed E-state index contributed by atoms with van der Waals surface area (Å²) in [5.74, 6) is -0.0562. The van der Waals surface area contributed by atoms with Gasteiger partial charge in [0, 0.05) is 11.1 Å². The molecule has 122 valence electrons. The third-order valence-corrected chi connectivity index (χ3v) is 4.49. The Hall–Kier alpha value is -2.47. The van der Waals surface area contributed by atoms with Gasteiger partial charge in [-0.1, -0.05) is 30.0 Å². The van der Waals surface area contributed by atoms with Crippen molar-refractivity contribution in [3.63, 3.8) is 0 Å². The number of hydrogen-bond acceptors (Lipinski definition) is 5. The van der Waals surface area contributed by atoms with Gasteiger partial charge in [-0.25, -0.2) is 4.39 Å². The van der Waals surface area contributed by atoms with Crippen molar-refractivity contribution in [1.29, 1.82) is 0 Å². The molecule has 0 aliphatic carbocycles. The molecule has 4 nitrogen and oxygen atoms in total. The van der Waals surface area contributed by atoms with E-state index in [2.05, 4.69) is 10.2 Å². The van der Waals surface area contributed by atoms with Gasteiger partial charge < -0.3 is 4.42 Å². The van der Waals surface area contributed by atoms with Crippen LogP contribution in [0.3, 0.4) is 0 Å². The molecule has 0 radical (unpaired) electrons. The molecule has 0 aliphatic heterocycles. The number of carbonyl (C=O) groups excluding carboxylic acids is 1. The molecule has 0 spiro atoms. The van der Waals surface area contributed by atoms with Crippen molar-refractivity contribution in [2.75, 3.05) is 0 Å². The van der Waals surface area contributed by atoms with Crippen LogP contribution in [0.2, 0.25) is 0 Å². The second-order valence-corrected chi connectivity index (χ2v) is 6.61. The summed E-state index contributed by atoms with van der Waals surface area (Å²) in [4.78, 5) is 12.4. The highest BCUT2D eigenvalue weighted by Crippen LogP contribution is 2.28. The highest BCUT2D eigenvalue weighted by molar-refractivity contribution is 8.00. The van der Waals surface area contributed by atoms with Gasteiger partial charge in [-0.05, 0) is 49.7 Å². The van der Waals surface area contributed by atoms with Crippen LogP contribution in [0.1, 0.15) is 22.8 Å². The Morgan fingerprint density at radius 1 is 1.12 bits per heavy atom. The summed E-state index contributed by atoms with van der Waals surface area (Å²) in [6, 6.07) is 13.2. The molecular formula is C18H15FN2O2S. The highest BCUT2D eigenvalue weighted by atomic mass is 32.2. The van der Waals surface area contributed by atoms with Gasteiger partial charge in [0.15, 0.2) is 5.78 Å². The molecule has 0 fully saturated rings. The number of ketones is 1. The maximum Gasteiger partial charge on any atom is 0.277 e. The van der Waals surface area contributed by atoms with Crippen LogP contribution in [0.25, 0.3) is 11.5 Å². The van der Waals surface area contributed by atoms with E-state index in [4.69, 9.17) is 4.42 Å². The molecule has 0 bridgehead atoms. The van der Waals surface area contributed by atoms with E-state index in [1.165, 1.54) is 36.0 Å². The number of carbonyl (C=O) groups is 1. The predicted molar refractivity (Wildman–Crippen MR) is 90.5 cm³/mol. The van der Waals surface area contributed by atoms with E-state index in [1.54, 1.807) is 6.92 Å². The van der Waals surface area contributed by atoms with Gasteiger partial charge in [0.1, 0.15) is 5.82 Å². The van der Waals surface area contributed by atoms with E-state index >= 15 is 0 Å². The largest absolute Gasteiger partial charge is 0.411 e. The Balaban J connectivity index is 1.73. The van der Waals surface area contributed by atoms with Crippen LogP contribution in [-0.4, -0.2) is 21.2 Å². The minimum absolute atomic E-state index is 0.115. The lowest BCUT2D eigenvalue weighted by atomic mass is 10.1. The first kappa shape index (κ1) is 16.4. The third-order valence-electron chi connectivity index (χ3n) is 3.56. The van der Waals surface area contributed by atoms with Crippen LogP contribution in [0.15, 0.2) is 58.2 Å². The normalized spacial score (nSPS) is 12.1. The van der Waals surface area contributed by atoms with Crippen molar-refractivity contribution in [1.82, 2.24) is 10.2 Å². The smallest absolute Gasteiger partial charge is 0.277 e. The standard InChI is InChI=1S/C18H15FN2O2S/c1-11-5-3-4-6-15(11)17-20-21-18(23-17)24-12(2)16(22)13-7-9-14(19)10-8-13/h3-10,12H,1-2H3/t12-/m0/s1. The van der Waals surface area contributed by atoms with Crippen molar-refractivity contribution in [3.05, 3.63) is 65.5 Å². The Bertz CT molecular complexity index is 861. The maximum absolute atomic E-state index is 12.9. The van der Waals surface area contributed by atoms with Crippen molar-refractivity contribution < 1.29 is 13.6 Å². The van der Waals surface area contributed by atoms with Crippen LogP contribution in [0.5, 0.6) is 0 Å². The fraction of sp³-hybridized carbons (Fsp3) is 0.167. The molecule has 1 aromatic heterocycles. The molecule has 6 heteroatoms. The summed E-state index contributed by atoms with van der Waals surface area (Å²) in [5, 5.41) is 7.96. The van der Waals surface area contributed by atoms with Crippen LogP contribution in [-0.2, 0) is 0 Å². The molecule has 0 unspecified atom stereocenters. The van der Waals surface area contributed by atoms with E-state index in [9.17, 15) is 9.18 Å². The molecule has 1 atom stereocenters. The van der Waals surface area contributed by atoms with Gasteiger partial charge in [-0.3, -0.25) is 4.79 Å². The second kappa shape index (κ2) is 6.97. The first-order valence-electron chi connectivity index (χ1n) is 7.40. The zero-order chi connectivity index (χ0) is 17.1. The van der Waals surface area contributed by atoms with E-state index in [-0.39, 0.29) is 11.6 Å². The predicted octanol–water partition coefficient (Wildman–Crippen LogP) is 4.55.